The van der Waals surface area contributed by atoms with Crippen LogP contribution in [0.5, 0.6) is 11.5 Å². The van der Waals surface area contributed by atoms with E-state index in [0.717, 1.165) is 36.5 Å². The number of hydrogen-bond donors (Lipinski definition) is 3. The van der Waals surface area contributed by atoms with E-state index in [4.69, 9.17) is 26.9 Å². The van der Waals surface area contributed by atoms with Gasteiger partial charge < -0.3 is 21.1 Å². The summed E-state index contributed by atoms with van der Waals surface area (Å²) in [7, 11) is 1.55. The standard InChI is InChI=1S/C26H31F2N7O2/c1-36-21-8-4-3-7-18(21)17-15-19(25(29)32-16-17)26(33-30)35(31)20-9-10-22(24(28)23(20)27)37-14-13-34-11-5-2-6-12-34/h3-4,7-10,15-16H,2,5-6,11-14,30-31H2,1H3,(H2,29,32)/b33-26-. The van der Waals surface area contributed by atoms with Crippen LogP contribution in [0.4, 0.5) is 20.3 Å². The zero-order valence-electron chi connectivity index (χ0n) is 20.7. The van der Waals surface area contributed by atoms with E-state index in [0.29, 0.717) is 17.9 Å². The van der Waals surface area contributed by atoms with Crippen molar-refractivity contribution in [1.82, 2.24) is 9.88 Å². The van der Waals surface area contributed by atoms with E-state index in [9.17, 15) is 4.39 Å². The van der Waals surface area contributed by atoms with E-state index in [-0.39, 0.29) is 35.3 Å². The molecule has 1 fully saturated rings. The zero-order chi connectivity index (χ0) is 26.4. The maximum absolute atomic E-state index is 15.1. The Morgan fingerprint density at radius 2 is 1.84 bits per heavy atom. The Hall–Kier alpha value is -3.96. The zero-order valence-corrected chi connectivity index (χ0v) is 20.7. The number of para-hydroxylation sites is 1. The van der Waals surface area contributed by atoms with Crippen molar-refractivity contribution in [3.8, 4) is 22.6 Å². The molecule has 3 aromatic rings. The van der Waals surface area contributed by atoms with Crippen LogP contribution in [-0.4, -0.2) is 49.1 Å². The molecule has 1 aliphatic rings. The van der Waals surface area contributed by atoms with Crippen molar-refractivity contribution in [3.63, 3.8) is 0 Å². The lowest BCUT2D eigenvalue weighted by atomic mass is 10.0. The summed E-state index contributed by atoms with van der Waals surface area (Å²) in [5.74, 6) is 9.79. The van der Waals surface area contributed by atoms with Crippen LogP contribution in [0.2, 0.25) is 0 Å². The van der Waals surface area contributed by atoms with Crippen LogP contribution >= 0.6 is 0 Å². The lowest BCUT2D eigenvalue weighted by Gasteiger charge is -2.26. The van der Waals surface area contributed by atoms with Crippen molar-refractivity contribution in [2.24, 2.45) is 16.8 Å². The molecule has 196 valence electrons. The lowest BCUT2D eigenvalue weighted by molar-refractivity contribution is 0.179. The minimum absolute atomic E-state index is 0.0526. The summed E-state index contributed by atoms with van der Waals surface area (Å²) in [4.78, 5) is 6.46. The van der Waals surface area contributed by atoms with Gasteiger partial charge in [0.25, 0.3) is 0 Å². The molecule has 0 spiro atoms. The van der Waals surface area contributed by atoms with Gasteiger partial charge in [-0.25, -0.2) is 15.2 Å². The minimum atomic E-state index is -1.20. The predicted molar refractivity (Wildman–Crippen MR) is 140 cm³/mol. The molecular formula is C26H31F2N7O2. The molecule has 0 saturated carbocycles. The molecule has 0 aliphatic carbocycles. The van der Waals surface area contributed by atoms with Crippen LogP contribution in [-0.2, 0) is 0 Å². The van der Waals surface area contributed by atoms with Crippen LogP contribution in [0.3, 0.4) is 0 Å². The topological polar surface area (TPSA) is 128 Å². The molecule has 9 nitrogen and oxygen atoms in total. The Bertz CT molecular complexity index is 1270. The first-order valence-electron chi connectivity index (χ1n) is 12.0. The summed E-state index contributed by atoms with van der Waals surface area (Å²) in [6.45, 7) is 2.86. The van der Waals surface area contributed by atoms with Gasteiger partial charge in [0, 0.05) is 23.9 Å². The highest BCUT2D eigenvalue weighted by molar-refractivity contribution is 6.12. The van der Waals surface area contributed by atoms with Gasteiger partial charge in [0.05, 0.1) is 18.4 Å². The molecule has 0 radical (unpaired) electrons. The number of anilines is 2. The number of piperidine rings is 1. The van der Waals surface area contributed by atoms with E-state index < -0.39 is 11.6 Å². The third-order valence-electron chi connectivity index (χ3n) is 6.33. The number of nitrogens with two attached hydrogens (primary N) is 3. The molecule has 2 heterocycles. The Morgan fingerprint density at radius 3 is 2.57 bits per heavy atom. The molecule has 0 unspecified atom stereocenters. The minimum Gasteiger partial charge on any atom is -0.496 e. The number of nitrogens with zero attached hydrogens (tertiary/aromatic N) is 4. The van der Waals surface area contributed by atoms with Gasteiger partial charge in [0.2, 0.25) is 5.82 Å². The Morgan fingerprint density at radius 1 is 1.08 bits per heavy atom. The maximum atomic E-state index is 15.1. The van der Waals surface area contributed by atoms with Crippen LogP contribution in [0, 0.1) is 11.6 Å². The number of methoxy groups -OCH3 is 1. The second-order valence-corrected chi connectivity index (χ2v) is 8.64. The monoisotopic (exact) mass is 511 g/mol. The molecule has 6 N–H and O–H groups in total. The SMILES string of the molecule is COc1ccccc1-c1cnc(N)c(/C(=N/N)N(N)c2ccc(OCCN3CCCCC3)c(F)c2F)c1. The van der Waals surface area contributed by atoms with Crippen molar-refractivity contribution >= 4 is 17.3 Å². The molecule has 1 aliphatic heterocycles. The van der Waals surface area contributed by atoms with Crippen LogP contribution in [0.25, 0.3) is 11.1 Å². The van der Waals surface area contributed by atoms with Crippen LogP contribution in [0.15, 0.2) is 53.8 Å². The number of amidine groups is 1. The van der Waals surface area contributed by atoms with Gasteiger partial charge in [-0.05, 0) is 50.2 Å². The fourth-order valence-corrected chi connectivity index (χ4v) is 4.35. The second kappa shape index (κ2) is 11.8. The van der Waals surface area contributed by atoms with E-state index in [1.54, 1.807) is 25.4 Å². The number of ether oxygens (including phenoxy) is 2. The first-order valence-corrected chi connectivity index (χ1v) is 12.0. The maximum Gasteiger partial charge on any atom is 0.202 e. The largest absolute Gasteiger partial charge is 0.496 e. The molecular weight excluding hydrogens is 480 g/mol. The van der Waals surface area contributed by atoms with Gasteiger partial charge in [-0.15, -0.1) is 0 Å². The van der Waals surface area contributed by atoms with Crippen LogP contribution < -0.4 is 31.9 Å². The van der Waals surface area contributed by atoms with Gasteiger partial charge in [0.15, 0.2) is 17.4 Å². The number of likely N-dealkylation sites (tertiary alicyclic amines) is 1. The summed E-state index contributed by atoms with van der Waals surface area (Å²) >= 11 is 0. The van der Waals surface area contributed by atoms with Crippen molar-refractivity contribution in [2.45, 2.75) is 19.3 Å². The molecule has 11 heteroatoms. The van der Waals surface area contributed by atoms with Gasteiger partial charge >= 0.3 is 0 Å². The molecule has 0 atom stereocenters. The molecule has 1 aromatic heterocycles. The summed E-state index contributed by atoms with van der Waals surface area (Å²) in [6.07, 6.45) is 5.05. The number of aromatic nitrogens is 1. The van der Waals surface area contributed by atoms with Crippen molar-refractivity contribution in [1.29, 1.82) is 0 Å². The summed E-state index contributed by atoms with van der Waals surface area (Å²) < 4.78 is 40.9. The molecule has 1 saturated heterocycles. The normalized spacial score (nSPS) is 14.4. The first-order chi connectivity index (χ1) is 17.9. The van der Waals surface area contributed by atoms with E-state index in [1.165, 1.54) is 18.6 Å². The smallest absolute Gasteiger partial charge is 0.202 e. The summed E-state index contributed by atoms with van der Waals surface area (Å²) in [5.41, 5.74) is 7.40. The molecule has 2 aromatic carbocycles. The Kier molecular flexibility index (Phi) is 8.36. The van der Waals surface area contributed by atoms with E-state index in [1.807, 2.05) is 18.2 Å². The van der Waals surface area contributed by atoms with E-state index >= 15 is 4.39 Å². The van der Waals surface area contributed by atoms with Gasteiger partial charge in [-0.1, -0.05) is 24.6 Å². The molecule has 4 rings (SSSR count). The Labute approximate surface area is 214 Å². The summed E-state index contributed by atoms with van der Waals surface area (Å²) in [6, 6.07) is 11.6. The number of rotatable bonds is 8. The number of pyridine rings is 1. The van der Waals surface area contributed by atoms with Crippen molar-refractivity contribution in [2.75, 3.05) is 44.1 Å². The number of hydrazone groups is 1. The third-order valence-corrected chi connectivity index (χ3v) is 6.33. The Balaban J connectivity index is 1.56. The predicted octanol–water partition coefficient (Wildman–Crippen LogP) is 3.48. The fourth-order valence-electron chi connectivity index (χ4n) is 4.35. The fraction of sp³-hybridized carbons (Fsp3) is 0.308. The quantitative estimate of drug-likeness (QED) is 0.182. The average Bonchev–Trinajstić information content (AvgIpc) is 2.93. The first kappa shape index (κ1) is 26.1. The highest BCUT2D eigenvalue weighted by atomic mass is 19.2. The van der Waals surface area contributed by atoms with Gasteiger partial charge in [-0.3, -0.25) is 9.91 Å². The number of hydrogen-bond acceptors (Lipinski definition) is 8. The third kappa shape index (κ3) is 5.73. The average molecular weight is 512 g/mol. The molecule has 37 heavy (non-hydrogen) atoms. The number of benzene rings is 2. The van der Waals surface area contributed by atoms with Gasteiger partial charge in [-0.2, -0.15) is 9.49 Å². The van der Waals surface area contributed by atoms with Crippen LogP contribution in [0.1, 0.15) is 24.8 Å². The van der Waals surface area contributed by atoms with Gasteiger partial charge in [0.1, 0.15) is 18.2 Å². The molecule has 0 amide bonds. The highest BCUT2D eigenvalue weighted by Gasteiger charge is 2.24. The lowest BCUT2D eigenvalue weighted by Crippen LogP contribution is -2.40. The highest BCUT2D eigenvalue weighted by Crippen LogP contribution is 2.32. The number of nitrogen functional groups attached to an aromatic ring is 1. The van der Waals surface area contributed by atoms with Crippen molar-refractivity contribution < 1.29 is 18.3 Å². The number of hydrazine groups is 1. The number of halogens is 2. The second-order valence-electron chi connectivity index (χ2n) is 8.64. The van der Waals surface area contributed by atoms with E-state index in [2.05, 4.69) is 15.0 Å². The summed E-state index contributed by atoms with van der Waals surface area (Å²) in [5, 5.41) is 4.54. The molecule has 0 bridgehead atoms. The van der Waals surface area contributed by atoms with Crippen molar-refractivity contribution in [3.05, 3.63) is 65.9 Å².